The zero-order chi connectivity index (χ0) is 16.6. The predicted molar refractivity (Wildman–Crippen MR) is 110 cm³/mol. The summed E-state index contributed by atoms with van der Waals surface area (Å²) in [6.07, 6.45) is 5.11. The molecule has 0 N–H and O–H groups in total. The van der Waals surface area contributed by atoms with Crippen LogP contribution in [-0.4, -0.2) is 38.1 Å². The van der Waals surface area contributed by atoms with Crippen LogP contribution in [0.5, 0.6) is 0 Å². The predicted octanol–water partition coefficient (Wildman–Crippen LogP) is 3.49. The van der Waals surface area contributed by atoms with Crippen LogP contribution in [0.3, 0.4) is 0 Å². The number of rotatable bonds is 7. The van der Waals surface area contributed by atoms with Crippen LogP contribution >= 0.6 is 0 Å². The standard InChI is InChI=1S/C21H28BNO.CH4/c1-2-19-10-9-13-21(18-19)22(20-11-5-3-6-12-20)24-17-16-23-14-7-4-8-15-23;/h3,5-6,9-13,18H,2,4,7-8,14-17H2,1H3;1H4. The third-order valence-electron chi connectivity index (χ3n) is 4.91. The molecule has 0 aromatic heterocycles. The van der Waals surface area contributed by atoms with Gasteiger partial charge in [-0.1, -0.05) is 75.4 Å². The normalized spacial score (nSPS) is 14.8. The topological polar surface area (TPSA) is 12.5 Å². The Morgan fingerprint density at radius 1 is 0.920 bits per heavy atom. The first-order valence-corrected chi connectivity index (χ1v) is 9.34. The van der Waals surface area contributed by atoms with Crippen molar-refractivity contribution in [1.29, 1.82) is 0 Å². The average Bonchev–Trinajstić information content (AvgIpc) is 2.67. The van der Waals surface area contributed by atoms with E-state index in [1.54, 1.807) is 0 Å². The number of hydrogen-bond donors (Lipinski definition) is 0. The Kier molecular flexibility index (Phi) is 8.23. The van der Waals surface area contributed by atoms with Gasteiger partial charge in [0.1, 0.15) is 0 Å². The molecule has 1 fully saturated rings. The molecule has 1 saturated heterocycles. The Balaban J connectivity index is 0.00000225. The van der Waals surface area contributed by atoms with Crippen molar-refractivity contribution in [3.8, 4) is 0 Å². The maximum atomic E-state index is 6.37. The second-order valence-electron chi connectivity index (χ2n) is 6.66. The van der Waals surface area contributed by atoms with E-state index < -0.39 is 0 Å². The Morgan fingerprint density at radius 2 is 1.64 bits per heavy atom. The van der Waals surface area contributed by atoms with Crippen molar-refractivity contribution in [2.45, 2.75) is 40.0 Å². The molecule has 1 aliphatic heterocycles. The van der Waals surface area contributed by atoms with Gasteiger partial charge in [-0.15, -0.1) is 0 Å². The molecule has 0 atom stereocenters. The molecule has 1 aliphatic rings. The Hall–Kier alpha value is -1.58. The number of piperidine rings is 1. The molecule has 3 rings (SSSR count). The number of aryl methyl sites for hydroxylation is 1. The molecule has 2 nitrogen and oxygen atoms in total. The van der Waals surface area contributed by atoms with Crippen molar-refractivity contribution in [2.75, 3.05) is 26.2 Å². The molecule has 0 bridgehead atoms. The molecule has 134 valence electrons. The van der Waals surface area contributed by atoms with Gasteiger partial charge >= 0.3 is 6.92 Å². The van der Waals surface area contributed by atoms with Crippen LogP contribution in [0.4, 0.5) is 0 Å². The van der Waals surface area contributed by atoms with Gasteiger partial charge in [0.15, 0.2) is 0 Å². The molecule has 3 heteroatoms. The highest BCUT2D eigenvalue weighted by molar-refractivity contribution is 6.80. The first kappa shape index (κ1) is 19.7. The highest BCUT2D eigenvalue weighted by Crippen LogP contribution is 2.08. The van der Waals surface area contributed by atoms with Crippen LogP contribution in [0.2, 0.25) is 0 Å². The summed E-state index contributed by atoms with van der Waals surface area (Å²) in [7, 11) is 0. The SMILES string of the molecule is C.CCc1cccc(B(OCCN2CCCCC2)c2ccccc2)c1. The van der Waals surface area contributed by atoms with Gasteiger partial charge in [-0.3, -0.25) is 0 Å². The molecule has 2 aromatic carbocycles. The smallest absolute Gasteiger partial charge is 0.361 e. The summed E-state index contributed by atoms with van der Waals surface area (Å²) in [6, 6.07) is 19.4. The summed E-state index contributed by atoms with van der Waals surface area (Å²) in [4.78, 5) is 2.54. The lowest BCUT2D eigenvalue weighted by Crippen LogP contribution is -2.46. The minimum absolute atomic E-state index is 0. The van der Waals surface area contributed by atoms with Gasteiger partial charge in [-0.25, -0.2) is 0 Å². The van der Waals surface area contributed by atoms with E-state index >= 15 is 0 Å². The molecule has 0 amide bonds. The number of hydrogen-bond acceptors (Lipinski definition) is 2. The molecule has 2 aromatic rings. The maximum Gasteiger partial charge on any atom is 0.361 e. The van der Waals surface area contributed by atoms with Crippen molar-refractivity contribution in [3.63, 3.8) is 0 Å². The van der Waals surface area contributed by atoms with Crippen molar-refractivity contribution >= 4 is 17.8 Å². The van der Waals surface area contributed by atoms with Gasteiger partial charge in [0.25, 0.3) is 0 Å². The van der Waals surface area contributed by atoms with Crippen LogP contribution in [-0.2, 0) is 11.1 Å². The molecule has 0 spiro atoms. The van der Waals surface area contributed by atoms with Crippen molar-refractivity contribution in [3.05, 3.63) is 60.2 Å². The summed E-state index contributed by atoms with van der Waals surface area (Å²) in [5, 5.41) is 0. The molecule has 25 heavy (non-hydrogen) atoms. The lowest BCUT2D eigenvalue weighted by atomic mass is 9.55. The third kappa shape index (κ3) is 5.72. The number of benzene rings is 2. The van der Waals surface area contributed by atoms with E-state index in [9.17, 15) is 0 Å². The highest BCUT2D eigenvalue weighted by Gasteiger charge is 2.22. The van der Waals surface area contributed by atoms with E-state index in [4.69, 9.17) is 4.65 Å². The number of likely N-dealkylation sites (tertiary alicyclic amines) is 1. The monoisotopic (exact) mass is 337 g/mol. The first-order chi connectivity index (χ1) is 11.9. The van der Waals surface area contributed by atoms with Crippen molar-refractivity contribution < 1.29 is 4.65 Å². The minimum atomic E-state index is 0. The van der Waals surface area contributed by atoms with E-state index in [2.05, 4.69) is 66.4 Å². The zero-order valence-electron chi connectivity index (χ0n) is 14.8. The van der Waals surface area contributed by atoms with E-state index in [-0.39, 0.29) is 14.3 Å². The van der Waals surface area contributed by atoms with Crippen molar-refractivity contribution in [2.24, 2.45) is 0 Å². The molecular weight excluding hydrogens is 305 g/mol. The highest BCUT2D eigenvalue weighted by atomic mass is 16.4. The lowest BCUT2D eigenvalue weighted by molar-refractivity contribution is 0.186. The second kappa shape index (κ2) is 10.4. The second-order valence-corrected chi connectivity index (χ2v) is 6.66. The van der Waals surface area contributed by atoms with Gasteiger partial charge < -0.3 is 9.55 Å². The van der Waals surface area contributed by atoms with Crippen LogP contribution in [0.15, 0.2) is 54.6 Å². The fourth-order valence-corrected chi connectivity index (χ4v) is 3.47. The molecule has 0 radical (unpaired) electrons. The minimum Gasteiger partial charge on any atom is -0.426 e. The molecular formula is C22H32BNO. The lowest BCUT2D eigenvalue weighted by Gasteiger charge is -2.27. The van der Waals surface area contributed by atoms with Gasteiger partial charge in [-0.2, -0.15) is 0 Å². The quantitative estimate of drug-likeness (QED) is 0.717. The number of nitrogens with zero attached hydrogens (tertiary/aromatic N) is 1. The van der Waals surface area contributed by atoms with E-state index in [0.717, 1.165) is 19.6 Å². The molecule has 1 heterocycles. The first-order valence-electron chi connectivity index (χ1n) is 9.34. The van der Waals surface area contributed by atoms with Gasteiger partial charge in [0.05, 0.1) is 0 Å². The summed E-state index contributed by atoms with van der Waals surface area (Å²) < 4.78 is 6.37. The van der Waals surface area contributed by atoms with E-state index in [1.807, 2.05) is 0 Å². The fourth-order valence-electron chi connectivity index (χ4n) is 3.47. The molecule has 0 unspecified atom stereocenters. The third-order valence-corrected chi connectivity index (χ3v) is 4.91. The van der Waals surface area contributed by atoms with Crippen LogP contribution in [0.25, 0.3) is 0 Å². The largest absolute Gasteiger partial charge is 0.426 e. The fraction of sp³-hybridized carbons (Fsp3) is 0.455. The van der Waals surface area contributed by atoms with Crippen LogP contribution < -0.4 is 10.9 Å². The summed E-state index contributed by atoms with van der Waals surface area (Å²) in [6.45, 7) is 6.51. The summed E-state index contributed by atoms with van der Waals surface area (Å²) in [5.74, 6) is 0. The van der Waals surface area contributed by atoms with E-state index in [0.29, 0.717) is 0 Å². The summed E-state index contributed by atoms with van der Waals surface area (Å²) in [5.41, 5.74) is 3.87. The maximum absolute atomic E-state index is 6.37. The molecule has 0 saturated carbocycles. The Morgan fingerprint density at radius 3 is 2.36 bits per heavy atom. The molecule has 0 aliphatic carbocycles. The Labute approximate surface area is 154 Å². The van der Waals surface area contributed by atoms with Crippen LogP contribution in [0, 0.1) is 0 Å². The summed E-state index contributed by atoms with van der Waals surface area (Å²) >= 11 is 0. The van der Waals surface area contributed by atoms with Crippen molar-refractivity contribution in [1.82, 2.24) is 4.90 Å². The zero-order valence-corrected chi connectivity index (χ0v) is 14.8. The average molecular weight is 337 g/mol. The van der Waals surface area contributed by atoms with Gasteiger partial charge in [0, 0.05) is 13.2 Å². The van der Waals surface area contributed by atoms with Gasteiger partial charge in [0.2, 0.25) is 0 Å². The Bertz CT molecular complexity index is 610. The van der Waals surface area contributed by atoms with Crippen LogP contribution in [0.1, 0.15) is 39.2 Å². The van der Waals surface area contributed by atoms with E-state index in [1.165, 1.54) is 48.8 Å². The van der Waals surface area contributed by atoms with Gasteiger partial charge in [-0.05, 0) is 48.8 Å².